The molecule has 0 radical (unpaired) electrons. The standard InChI is InChI=1S/C26H48N2O16/c1-10(2)27-5-4-6-39-24-15(28-11(3)32)18(35)22(14(9-31)42-24)43-26-21(38)23(17(34)13(8-30)41-26)44-25-20(37)19(36)16(33)12(7-29)40-25/h10,12-27,29-31,33-38H,4-9H2,1-3H3,(H,28,32)/t12?,13?,14?,15?,16-,17-,18+,19?,20-,21?,22+,23-,24+,25-,26-/m0/s1. The molecule has 1 amide bonds. The van der Waals surface area contributed by atoms with Gasteiger partial charge in [-0.25, -0.2) is 0 Å². The molecule has 3 rings (SSSR count). The summed E-state index contributed by atoms with van der Waals surface area (Å²) in [5.41, 5.74) is 0. The van der Waals surface area contributed by atoms with Gasteiger partial charge in [-0.15, -0.1) is 0 Å². The first-order valence-corrected chi connectivity index (χ1v) is 14.6. The van der Waals surface area contributed by atoms with Crippen LogP contribution in [0.25, 0.3) is 0 Å². The first kappa shape index (κ1) is 37.3. The van der Waals surface area contributed by atoms with Gasteiger partial charge in [-0.05, 0) is 13.0 Å². The monoisotopic (exact) mass is 644 g/mol. The van der Waals surface area contributed by atoms with Crippen molar-refractivity contribution in [1.29, 1.82) is 0 Å². The number of ether oxygens (including phenoxy) is 6. The molecular weight excluding hydrogens is 596 g/mol. The van der Waals surface area contributed by atoms with Gasteiger partial charge in [0.1, 0.15) is 73.2 Å². The molecule has 3 heterocycles. The summed E-state index contributed by atoms with van der Waals surface area (Å²) < 4.78 is 33.8. The van der Waals surface area contributed by atoms with Crippen LogP contribution in [0, 0.1) is 0 Å². The summed E-state index contributed by atoms with van der Waals surface area (Å²) >= 11 is 0. The number of amides is 1. The van der Waals surface area contributed by atoms with Crippen LogP contribution in [0.15, 0.2) is 0 Å². The van der Waals surface area contributed by atoms with Crippen molar-refractivity contribution in [2.24, 2.45) is 0 Å². The Hall–Kier alpha value is -1.17. The number of hydrogen-bond acceptors (Lipinski definition) is 17. The molecule has 0 aliphatic carbocycles. The van der Waals surface area contributed by atoms with Crippen molar-refractivity contribution >= 4 is 5.91 Å². The predicted octanol–water partition coefficient (Wildman–Crippen LogP) is -6.02. The zero-order chi connectivity index (χ0) is 32.7. The van der Waals surface area contributed by atoms with Gasteiger partial charge in [0, 0.05) is 13.0 Å². The molecule has 11 N–H and O–H groups in total. The molecule has 3 aliphatic heterocycles. The molecule has 3 saturated heterocycles. The van der Waals surface area contributed by atoms with E-state index in [1.807, 2.05) is 13.8 Å². The second-order valence-electron chi connectivity index (χ2n) is 11.4. The van der Waals surface area contributed by atoms with Gasteiger partial charge in [-0.3, -0.25) is 4.79 Å². The highest BCUT2D eigenvalue weighted by Crippen LogP contribution is 2.32. The first-order chi connectivity index (χ1) is 20.8. The molecular formula is C26H48N2O16. The van der Waals surface area contributed by atoms with Crippen LogP contribution in [-0.2, 0) is 33.2 Å². The van der Waals surface area contributed by atoms with E-state index in [1.165, 1.54) is 6.92 Å². The second-order valence-corrected chi connectivity index (χ2v) is 11.4. The summed E-state index contributed by atoms with van der Waals surface area (Å²) in [6.07, 6.45) is -21.9. The van der Waals surface area contributed by atoms with Crippen LogP contribution in [0.3, 0.4) is 0 Å². The van der Waals surface area contributed by atoms with Crippen molar-refractivity contribution < 1.29 is 79.2 Å². The van der Waals surface area contributed by atoms with Crippen LogP contribution in [-0.4, -0.2) is 183 Å². The van der Waals surface area contributed by atoms with Crippen molar-refractivity contribution in [2.75, 3.05) is 33.0 Å². The van der Waals surface area contributed by atoms with Crippen molar-refractivity contribution in [3.05, 3.63) is 0 Å². The molecule has 3 aliphatic rings. The number of carbonyl (C=O) groups excluding carboxylic acids is 1. The summed E-state index contributed by atoms with van der Waals surface area (Å²) in [5, 5.41) is 98.8. The van der Waals surface area contributed by atoms with Gasteiger partial charge in [0.05, 0.1) is 26.4 Å². The molecule has 3 fully saturated rings. The van der Waals surface area contributed by atoms with Gasteiger partial charge in [0.25, 0.3) is 0 Å². The Labute approximate surface area is 254 Å². The van der Waals surface area contributed by atoms with Crippen LogP contribution in [0.2, 0.25) is 0 Å². The van der Waals surface area contributed by atoms with Crippen molar-refractivity contribution in [2.45, 2.75) is 125 Å². The lowest BCUT2D eigenvalue weighted by molar-refractivity contribution is -0.376. The van der Waals surface area contributed by atoms with E-state index in [-0.39, 0.29) is 12.6 Å². The van der Waals surface area contributed by atoms with E-state index in [2.05, 4.69) is 10.6 Å². The summed E-state index contributed by atoms with van der Waals surface area (Å²) in [6, 6.07) is -0.919. The molecule has 18 nitrogen and oxygen atoms in total. The summed E-state index contributed by atoms with van der Waals surface area (Å²) in [5.74, 6) is -0.528. The molecule has 0 aromatic heterocycles. The van der Waals surface area contributed by atoms with Crippen LogP contribution in [0.5, 0.6) is 0 Å². The maximum absolute atomic E-state index is 12.0. The largest absolute Gasteiger partial charge is 0.394 e. The third kappa shape index (κ3) is 9.00. The van der Waals surface area contributed by atoms with Crippen LogP contribution < -0.4 is 10.6 Å². The van der Waals surface area contributed by atoms with Crippen molar-refractivity contribution in [3.63, 3.8) is 0 Å². The summed E-state index contributed by atoms with van der Waals surface area (Å²) in [7, 11) is 0. The minimum Gasteiger partial charge on any atom is -0.394 e. The van der Waals surface area contributed by atoms with E-state index in [0.29, 0.717) is 13.0 Å². The molecule has 0 bridgehead atoms. The van der Waals surface area contributed by atoms with E-state index in [9.17, 15) is 50.8 Å². The third-order valence-electron chi connectivity index (χ3n) is 7.63. The molecule has 44 heavy (non-hydrogen) atoms. The quantitative estimate of drug-likeness (QED) is 0.0785. The predicted molar refractivity (Wildman–Crippen MR) is 144 cm³/mol. The van der Waals surface area contributed by atoms with Gasteiger partial charge in [-0.1, -0.05) is 13.8 Å². The molecule has 258 valence electrons. The number of nitrogens with one attached hydrogen (secondary N) is 2. The average Bonchev–Trinajstić information content (AvgIpc) is 2.98. The van der Waals surface area contributed by atoms with E-state index >= 15 is 0 Å². The van der Waals surface area contributed by atoms with E-state index in [1.54, 1.807) is 0 Å². The molecule has 0 spiro atoms. The second kappa shape index (κ2) is 17.1. The van der Waals surface area contributed by atoms with E-state index < -0.39 is 118 Å². The number of aliphatic hydroxyl groups excluding tert-OH is 9. The third-order valence-corrected chi connectivity index (χ3v) is 7.63. The fraction of sp³-hybridized carbons (Fsp3) is 0.962. The average molecular weight is 645 g/mol. The molecule has 6 unspecified atom stereocenters. The zero-order valence-corrected chi connectivity index (χ0v) is 24.9. The molecule has 0 aromatic carbocycles. The summed E-state index contributed by atoms with van der Waals surface area (Å²) in [4.78, 5) is 12.0. The lowest BCUT2D eigenvalue weighted by Gasteiger charge is -2.48. The van der Waals surface area contributed by atoms with Gasteiger partial charge in [0.2, 0.25) is 5.91 Å². The van der Waals surface area contributed by atoms with Gasteiger partial charge in [-0.2, -0.15) is 0 Å². The minimum atomic E-state index is -1.90. The highest BCUT2D eigenvalue weighted by Gasteiger charge is 2.54. The Morgan fingerprint density at radius 2 is 1.25 bits per heavy atom. The number of aliphatic hydroxyl groups is 9. The molecule has 0 aromatic rings. The molecule has 18 heteroatoms. The Kier molecular flexibility index (Phi) is 14.5. The number of carbonyl (C=O) groups is 1. The Morgan fingerprint density at radius 1 is 0.705 bits per heavy atom. The number of hydrogen-bond donors (Lipinski definition) is 11. The fourth-order valence-electron chi connectivity index (χ4n) is 5.24. The summed E-state index contributed by atoms with van der Waals surface area (Å²) in [6.45, 7) is 3.76. The number of rotatable bonds is 14. The highest BCUT2D eigenvalue weighted by molar-refractivity contribution is 5.73. The lowest BCUT2D eigenvalue weighted by atomic mass is 9.95. The fourth-order valence-corrected chi connectivity index (χ4v) is 5.24. The van der Waals surface area contributed by atoms with E-state index in [0.717, 1.165) is 0 Å². The maximum atomic E-state index is 12.0. The van der Waals surface area contributed by atoms with Crippen LogP contribution in [0.1, 0.15) is 27.2 Å². The minimum absolute atomic E-state index is 0.189. The highest BCUT2D eigenvalue weighted by atomic mass is 16.8. The lowest BCUT2D eigenvalue weighted by Crippen LogP contribution is -2.68. The Balaban J connectivity index is 1.76. The maximum Gasteiger partial charge on any atom is 0.217 e. The molecule has 0 saturated carbocycles. The van der Waals surface area contributed by atoms with Gasteiger partial charge in [0.15, 0.2) is 18.9 Å². The van der Waals surface area contributed by atoms with E-state index in [4.69, 9.17) is 28.4 Å². The zero-order valence-electron chi connectivity index (χ0n) is 24.9. The van der Waals surface area contributed by atoms with Crippen molar-refractivity contribution in [1.82, 2.24) is 10.6 Å². The Bertz CT molecular complexity index is 872. The van der Waals surface area contributed by atoms with Crippen LogP contribution in [0.4, 0.5) is 0 Å². The first-order valence-electron chi connectivity index (χ1n) is 14.6. The Morgan fingerprint density at radius 3 is 1.82 bits per heavy atom. The normalized spacial score (nSPS) is 43.2. The van der Waals surface area contributed by atoms with Crippen LogP contribution >= 0.6 is 0 Å². The van der Waals surface area contributed by atoms with Gasteiger partial charge >= 0.3 is 0 Å². The topological polar surface area (TPSA) is 279 Å². The van der Waals surface area contributed by atoms with Crippen molar-refractivity contribution in [3.8, 4) is 0 Å². The van der Waals surface area contributed by atoms with Gasteiger partial charge < -0.3 is 85.0 Å². The SMILES string of the molecule is CC(=O)NC1[C@H](OCCCNC(C)C)OC(CO)[C@@H](O[C@@H]2OC(CO)[C@H](O)[C@H](O[C@@H]3OC(CO)[C@H](O)C(O)[C@@H]3O)C2O)[C@@H]1O. The molecule has 15 atom stereocenters. The smallest absolute Gasteiger partial charge is 0.217 e.